The van der Waals surface area contributed by atoms with E-state index in [0.29, 0.717) is 0 Å². The van der Waals surface area contributed by atoms with Crippen molar-refractivity contribution in [2.24, 2.45) is 0 Å². The lowest BCUT2D eigenvalue weighted by atomic mass is 9.86. The van der Waals surface area contributed by atoms with Gasteiger partial charge in [-0.3, -0.25) is 0 Å². The molecule has 1 aliphatic carbocycles. The lowest BCUT2D eigenvalue weighted by Gasteiger charge is -2.17. The lowest BCUT2D eigenvalue weighted by molar-refractivity contribution is 1.26. The molecule has 0 heteroatoms. The van der Waals surface area contributed by atoms with E-state index >= 15 is 0 Å². The Morgan fingerprint density at radius 1 is 0.209 bits per heavy atom. The van der Waals surface area contributed by atoms with Crippen LogP contribution in [0.4, 0.5) is 0 Å². The molecule has 1 aliphatic rings. The molecule has 67 heavy (non-hydrogen) atoms. The van der Waals surface area contributed by atoms with Crippen molar-refractivity contribution in [2.45, 2.75) is 103 Å². The fourth-order valence-electron chi connectivity index (χ4n) is 7.99. The summed E-state index contributed by atoms with van der Waals surface area (Å²) in [6.45, 7) is 28.0. The van der Waals surface area contributed by atoms with Crippen molar-refractivity contribution in [3.63, 3.8) is 0 Å². The van der Waals surface area contributed by atoms with Gasteiger partial charge in [0.25, 0.3) is 0 Å². The first-order valence-corrected chi connectivity index (χ1v) is 25.4. The monoisotopic (exact) mass is 885 g/mol. The van der Waals surface area contributed by atoms with Crippen molar-refractivity contribution in [1.82, 2.24) is 0 Å². The van der Waals surface area contributed by atoms with Gasteiger partial charge in [0, 0.05) is 0 Å². The van der Waals surface area contributed by atoms with Crippen molar-refractivity contribution in [2.75, 3.05) is 0 Å². The van der Waals surface area contributed by atoms with E-state index in [1.54, 1.807) is 0 Å². The first kappa shape index (κ1) is 56.4. The molecule has 0 radical (unpaired) electrons. The highest BCUT2D eigenvalue weighted by atomic mass is 14.2. The minimum atomic E-state index is 1.10. The number of benzene rings is 10. The van der Waals surface area contributed by atoms with Gasteiger partial charge in [0.1, 0.15) is 0 Å². The van der Waals surface area contributed by atoms with Gasteiger partial charge in [-0.2, -0.15) is 0 Å². The Hall–Kier alpha value is -6.76. The van der Waals surface area contributed by atoms with Crippen LogP contribution in [0.2, 0.25) is 0 Å². The van der Waals surface area contributed by atoms with Crippen LogP contribution >= 0.6 is 0 Å². The fraction of sp³-hybridized carbons (Fsp3) is 0.224. The Kier molecular flexibility index (Phi) is 27.6. The molecular formula is C67H80. The summed E-state index contributed by atoms with van der Waals surface area (Å²) in [6.07, 6.45) is 1.10. The zero-order valence-electron chi connectivity index (χ0n) is 43.5. The Morgan fingerprint density at radius 2 is 0.448 bits per heavy atom. The van der Waals surface area contributed by atoms with Crippen LogP contribution in [0.3, 0.4) is 0 Å². The molecule has 0 N–H and O–H groups in total. The summed E-state index contributed by atoms with van der Waals surface area (Å²) in [5, 5.41) is 10.5. The van der Waals surface area contributed by atoms with Crippen molar-refractivity contribution in [3.05, 3.63) is 230 Å². The maximum absolute atomic E-state index is 2.25. The Morgan fingerprint density at radius 3 is 0.761 bits per heavy atom. The second-order valence-corrected chi connectivity index (χ2v) is 13.6. The quantitative estimate of drug-likeness (QED) is 0.120. The van der Waals surface area contributed by atoms with Gasteiger partial charge < -0.3 is 0 Å². The number of fused-ring (bicyclic) bond motifs is 8. The summed E-state index contributed by atoms with van der Waals surface area (Å²) >= 11 is 0. The summed E-state index contributed by atoms with van der Waals surface area (Å²) in [5.41, 5.74) is 10.9. The van der Waals surface area contributed by atoms with E-state index in [0.717, 1.165) is 6.42 Å². The molecule has 10 aromatic carbocycles. The van der Waals surface area contributed by atoms with Gasteiger partial charge in [-0.05, 0) is 94.0 Å². The molecule has 10 aromatic rings. The second-order valence-electron chi connectivity index (χ2n) is 13.6. The predicted octanol–water partition coefficient (Wildman–Crippen LogP) is 21.8. The van der Waals surface area contributed by atoms with Gasteiger partial charge in [-0.25, -0.2) is 0 Å². The van der Waals surface area contributed by atoms with Crippen LogP contribution in [0.5, 0.6) is 0 Å². The zero-order valence-corrected chi connectivity index (χ0v) is 43.5. The molecule has 0 nitrogen and oxygen atoms in total. The minimum Gasteiger partial charge on any atom is -0.0683 e. The largest absolute Gasteiger partial charge is 0.0683 e. The zero-order chi connectivity index (χ0) is 49.4. The van der Waals surface area contributed by atoms with Crippen molar-refractivity contribution in [1.29, 1.82) is 0 Å². The summed E-state index contributed by atoms with van der Waals surface area (Å²) in [6, 6.07) is 77.6. The van der Waals surface area contributed by atoms with E-state index < -0.39 is 0 Å². The molecule has 0 heterocycles. The number of hydrogen-bond donors (Lipinski definition) is 0. The highest BCUT2D eigenvalue weighted by Crippen LogP contribution is 2.43. The van der Waals surface area contributed by atoms with Gasteiger partial charge in [-0.15, -0.1) is 0 Å². The lowest BCUT2D eigenvalue weighted by Crippen LogP contribution is -1.90. The predicted molar refractivity (Wildman–Crippen MR) is 308 cm³/mol. The summed E-state index contributed by atoms with van der Waals surface area (Å²) in [7, 11) is 0. The second kappa shape index (κ2) is 32.8. The van der Waals surface area contributed by atoms with Gasteiger partial charge in [0.2, 0.25) is 0 Å². The Balaban J connectivity index is 0.000000322. The van der Waals surface area contributed by atoms with Crippen LogP contribution in [0.15, 0.2) is 218 Å². The first-order chi connectivity index (χ1) is 33.3. The van der Waals surface area contributed by atoms with Gasteiger partial charge in [0.05, 0.1) is 0 Å². The maximum Gasteiger partial charge on any atom is -0.00135 e. The molecule has 0 atom stereocenters. The maximum atomic E-state index is 2.25. The number of rotatable bonds is 2. The molecule has 11 rings (SSSR count). The highest BCUT2D eigenvalue weighted by Gasteiger charge is 2.17. The van der Waals surface area contributed by atoms with E-state index in [4.69, 9.17) is 0 Å². The molecule has 0 aliphatic heterocycles. The minimum absolute atomic E-state index is 1.10. The normalized spacial score (nSPS) is 9.58. The van der Waals surface area contributed by atoms with Crippen LogP contribution in [0.1, 0.15) is 108 Å². The average molecular weight is 885 g/mol. The van der Waals surface area contributed by atoms with Crippen LogP contribution in [-0.4, -0.2) is 0 Å². The SMILES string of the molecule is CC.CC.CC.CC.CC.CC.CC.c1ccc(-c2c3ccccc3c(-c3ccccc3)c3ccccc23)cc1.c1ccc2c(c1)Cc1ccccc1-2.c1ccc2c(c1)ccc1ccccc12. The van der Waals surface area contributed by atoms with Crippen LogP contribution in [0.25, 0.3) is 76.5 Å². The highest BCUT2D eigenvalue weighted by molar-refractivity contribution is 6.21. The van der Waals surface area contributed by atoms with Crippen molar-refractivity contribution >= 4 is 43.1 Å². The molecule has 0 saturated heterocycles. The smallest absolute Gasteiger partial charge is 0.00135 e. The van der Waals surface area contributed by atoms with E-state index in [9.17, 15) is 0 Å². The Bertz CT molecular complexity index is 2590. The summed E-state index contributed by atoms with van der Waals surface area (Å²) < 4.78 is 0. The van der Waals surface area contributed by atoms with Crippen molar-refractivity contribution in [3.8, 4) is 33.4 Å². The molecular weight excluding hydrogens is 805 g/mol. The molecule has 0 bridgehead atoms. The fourth-order valence-corrected chi connectivity index (χ4v) is 7.99. The molecule has 0 fully saturated rings. The molecule has 348 valence electrons. The summed E-state index contributed by atoms with van der Waals surface area (Å²) in [4.78, 5) is 0. The molecule has 0 amide bonds. The summed E-state index contributed by atoms with van der Waals surface area (Å²) in [5.74, 6) is 0. The van der Waals surface area contributed by atoms with Crippen LogP contribution in [-0.2, 0) is 6.42 Å². The molecule has 0 aromatic heterocycles. The molecule has 0 saturated carbocycles. The third-order valence-electron chi connectivity index (χ3n) is 10.4. The molecule has 0 spiro atoms. The van der Waals surface area contributed by atoms with Gasteiger partial charge in [0.15, 0.2) is 0 Å². The third-order valence-corrected chi connectivity index (χ3v) is 10.4. The van der Waals surface area contributed by atoms with E-state index in [1.165, 1.54) is 87.6 Å². The topological polar surface area (TPSA) is 0 Å². The third kappa shape index (κ3) is 14.4. The van der Waals surface area contributed by atoms with Crippen LogP contribution < -0.4 is 0 Å². The van der Waals surface area contributed by atoms with Crippen LogP contribution in [0, 0.1) is 0 Å². The standard InChI is InChI=1S/C26H18.C14H10.C13H10.7C2H6/c1-3-11-19(12-4-1)25-21-15-7-9-17-23(21)26(20-13-5-2-6-14-20)24-18-10-8-16-22(24)25;1-3-7-13-11(5-1)9-10-12-6-2-4-8-14(12)13;1-3-7-12-10(5-1)9-11-6-2-4-8-13(11)12;7*1-2/h1-18H;1-10H;1-8H,9H2;7*1-2H3. The molecule has 0 unspecified atom stereocenters. The average Bonchev–Trinajstić information content (AvgIpc) is 3.84. The van der Waals surface area contributed by atoms with Crippen molar-refractivity contribution < 1.29 is 0 Å². The first-order valence-electron chi connectivity index (χ1n) is 25.4. The van der Waals surface area contributed by atoms with Gasteiger partial charge in [-0.1, -0.05) is 315 Å². The van der Waals surface area contributed by atoms with E-state index in [-0.39, 0.29) is 0 Å². The Labute approximate surface area is 407 Å². The van der Waals surface area contributed by atoms with E-state index in [2.05, 4.69) is 218 Å². The van der Waals surface area contributed by atoms with Gasteiger partial charge >= 0.3 is 0 Å². The number of hydrogen-bond acceptors (Lipinski definition) is 0. The van der Waals surface area contributed by atoms with E-state index in [1.807, 2.05) is 96.9 Å².